The van der Waals surface area contributed by atoms with Gasteiger partial charge in [-0.25, -0.2) is 4.39 Å². The Labute approximate surface area is 105 Å². The zero-order chi connectivity index (χ0) is 13.1. The van der Waals surface area contributed by atoms with E-state index in [2.05, 4.69) is 0 Å². The fourth-order valence-electron chi connectivity index (χ4n) is 1.82. The van der Waals surface area contributed by atoms with Crippen molar-refractivity contribution in [1.29, 1.82) is 0 Å². The minimum Gasteiger partial charge on any atom is -0.469 e. The summed E-state index contributed by atoms with van der Waals surface area (Å²) in [6, 6.07) is 6.31. The zero-order valence-electron chi connectivity index (χ0n) is 10.3. The van der Waals surface area contributed by atoms with Crippen LogP contribution in [-0.4, -0.2) is 13.3 Å². The summed E-state index contributed by atoms with van der Waals surface area (Å²) in [5.74, 6) is 0.426. The first-order chi connectivity index (χ1) is 8.61. The number of carbonyl (C=O) groups excluding carboxylic acids is 1. The van der Waals surface area contributed by atoms with E-state index in [1.54, 1.807) is 30.3 Å². The Kier molecular flexibility index (Phi) is 3.46. The van der Waals surface area contributed by atoms with Crippen molar-refractivity contribution in [2.45, 2.75) is 13.5 Å². The molecule has 1 aromatic heterocycles. The number of aryl methyl sites for hydroxylation is 1. The minimum absolute atomic E-state index is 0.337. The molecule has 0 spiro atoms. The number of hydrogen-bond donors (Lipinski definition) is 0. The molecule has 0 N–H and O–H groups in total. The van der Waals surface area contributed by atoms with Crippen molar-refractivity contribution < 1.29 is 13.6 Å². The topological polar surface area (TPSA) is 33.5 Å². The van der Waals surface area contributed by atoms with Gasteiger partial charge in [-0.15, -0.1) is 0 Å². The van der Waals surface area contributed by atoms with E-state index >= 15 is 0 Å². The maximum absolute atomic E-state index is 13.8. The lowest BCUT2D eigenvalue weighted by atomic mass is 10.2. The highest BCUT2D eigenvalue weighted by molar-refractivity contribution is 5.75. The Morgan fingerprint density at radius 1 is 1.39 bits per heavy atom. The van der Waals surface area contributed by atoms with Crippen LogP contribution in [0, 0.1) is 12.7 Å². The molecule has 0 radical (unpaired) electrons. The Morgan fingerprint density at radius 2 is 2.17 bits per heavy atom. The number of carbonyl (C=O) groups is 1. The smallest absolute Gasteiger partial charge is 0.150 e. The number of aldehydes is 1. The molecule has 0 saturated heterocycles. The van der Waals surface area contributed by atoms with Gasteiger partial charge in [-0.3, -0.25) is 4.79 Å². The number of rotatable bonds is 4. The molecule has 0 amide bonds. The number of nitrogens with zero attached hydrogens (tertiary/aromatic N) is 1. The number of anilines is 1. The Balaban J connectivity index is 2.21. The number of hydrogen-bond acceptors (Lipinski definition) is 3. The van der Waals surface area contributed by atoms with Gasteiger partial charge in [-0.1, -0.05) is 0 Å². The molecule has 0 aliphatic heterocycles. The molecular formula is C14H14FNO2. The molecule has 4 heteroatoms. The van der Waals surface area contributed by atoms with Gasteiger partial charge in [0.2, 0.25) is 0 Å². The van der Waals surface area contributed by atoms with Crippen LogP contribution in [0.2, 0.25) is 0 Å². The van der Waals surface area contributed by atoms with Crippen LogP contribution in [0.4, 0.5) is 10.1 Å². The van der Waals surface area contributed by atoms with Gasteiger partial charge >= 0.3 is 0 Å². The Bertz CT molecular complexity index is 563. The van der Waals surface area contributed by atoms with Crippen molar-refractivity contribution in [2.24, 2.45) is 0 Å². The minimum atomic E-state index is -0.400. The SMILES string of the molecule is Cc1occc1CN(C)c1ccc(C=O)cc1F. The van der Waals surface area contributed by atoms with Crippen molar-refractivity contribution >= 4 is 12.0 Å². The number of benzene rings is 1. The highest BCUT2D eigenvalue weighted by atomic mass is 19.1. The summed E-state index contributed by atoms with van der Waals surface area (Å²) in [4.78, 5) is 12.3. The van der Waals surface area contributed by atoms with Crippen molar-refractivity contribution in [3.63, 3.8) is 0 Å². The van der Waals surface area contributed by atoms with Crippen LogP contribution in [0.25, 0.3) is 0 Å². The molecule has 2 rings (SSSR count). The molecule has 0 atom stereocenters. The molecule has 0 fully saturated rings. The van der Waals surface area contributed by atoms with Crippen LogP contribution in [-0.2, 0) is 6.54 Å². The molecule has 2 aromatic rings. The Hall–Kier alpha value is -2.10. The number of halogens is 1. The predicted molar refractivity (Wildman–Crippen MR) is 67.3 cm³/mol. The second-order valence-electron chi connectivity index (χ2n) is 4.19. The van der Waals surface area contributed by atoms with Gasteiger partial charge < -0.3 is 9.32 Å². The molecule has 0 bridgehead atoms. The van der Waals surface area contributed by atoms with Crippen LogP contribution in [0.3, 0.4) is 0 Å². The van der Waals surface area contributed by atoms with Crippen molar-refractivity contribution in [1.82, 2.24) is 0 Å². The monoisotopic (exact) mass is 247 g/mol. The first-order valence-corrected chi connectivity index (χ1v) is 5.60. The van der Waals surface area contributed by atoms with E-state index in [1.165, 1.54) is 6.07 Å². The van der Waals surface area contributed by atoms with Gasteiger partial charge in [0, 0.05) is 24.7 Å². The van der Waals surface area contributed by atoms with Crippen LogP contribution in [0.1, 0.15) is 21.7 Å². The van der Waals surface area contributed by atoms with E-state index in [4.69, 9.17) is 4.42 Å². The molecular weight excluding hydrogens is 233 g/mol. The molecule has 0 aliphatic rings. The standard InChI is InChI=1S/C14H14FNO2/c1-10-12(5-6-18-10)8-16(2)14-4-3-11(9-17)7-13(14)15/h3-7,9H,8H2,1-2H3. The van der Waals surface area contributed by atoms with Gasteiger partial charge in [0.1, 0.15) is 17.9 Å². The molecule has 0 unspecified atom stereocenters. The normalized spacial score (nSPS) is 10.4. The van der Waals surface area contributed by atoms with E-state index in [-0.39, 0.29) is 0 Å². The van der Waals surface area contributed by atoms with Crippen molar-refractivity contribution in [3.8, 4) is 0 Å². The van der Waals surface area contributed by atoms with E-state index in [1.807, 2.05) is 13.0 Å². The maximum atomic E-state index is 13.8. The largest absolute Gasteiger partial charge is 0.469 e. The third-order valence-electron chi connectivity index (χ3n) is 2.89. The number of furan rings is 1. The Morgan fingerprint density at radius 3 is 2.72 bits per heavy atom. The molecule has 1 heterocycles. The summed E-state index contributed by atoms with van der Waals surface area (Å²) in [5.41, 5.74) is 1.81. The summed E-state index contributed by atoms with van der Waals surface area (Å²) < 4.78 is 19.0. The maximum Gasteiger partial charge on any atom is 0.150 e. The van der Waals surface area contributed by atoms with Crippen LogP contribution in [0.15, 0.2) is 34.9 Å². The highest BCUT2D eigenvalue weighted by Crippen LogP contribution is 2.22. The highest BCUT2D eigenvalue weighted by Gasteiger charge is 2.11. The third kappa shape index (κ3) is 2.42. The predicted octanol–water partition coefficient (Wildman–Crippen LogP) is 3.18. The molecule has 0 saturated carbocycles. The summed E-state index contributed by atoms with van der Waals surface area (Å²) in [6.07, 6.45) is 2.25. The summed E-state index contributed by atoms with van der Waals surface area (Å²) in [6.45, 7) is 2.43. The fraction of sp³-hybridized carbons (Fsp3) is 0.214. The van der Waals surface area contributed by atoms with Gasteiger partial charge in [0.15, 0.2) is 0 Å². The van der Waals surface area contributed by atoms with Gasteiger partial charge in [0.05, 0.1) is 12.0 Å². The molecule has 94 valence electrons. The molecule has 18 heavy (non-hydrogen) atoms. The quantitative estimate of drug-likeness (QED) is 0.778. The van der Waals surface area contributed by atoms with E-state index in [0.717, 1.165) is 11.3 Å². The van der Waals surface area contributed by atoms with Gasteiger partial charge in [-0.2, -0.15) is 0 Å². The lowest BCUT2D eigenvalue weighted by Gasteiger charge is -2.19. The summed E-state index contributed by atoms with van der Waals surface area (Å²) >= 11 is 0. The average molecular weight is 247 g/mol. The zero-order valence-corrected chi connectivity index (χ0v) is 10.3. The third-order valence-corrected chi connectivity index (χ3v) is 2.89. The molecule has 3 nitrogen and oxygen atoms in total. The van der Waals surface area contributed by atoms with E-state index in [9.17, 15) is 9.18 Å². The van der Waals surface area contributed by atoms with E-state index in [0.29, 0.717) is 24.1 Å². The van der Waals surface area contributed by atoms with Gasteiger partial charge in [-0.05, 0) is 31.2 Å². The van der Waals surface area contributed by atoms with Crippen molar-refractivity contribution in [2.75, 3.05) is 11.9 Å². The first-order valence-electron chi connectivity index (χ1n) is 5.60. The summed E-state index contributed by atoms with van der Waals surface area (Å²) in [7, 11) is 1.80. The van der Waals surface area contributed by atoms with Crippen LogP contribution in [0.5, 0.6) is 0 Å². The lowest BCUT2D eigenvalue weighted by molar-refractivity contribution is 0.112. The van der Waals surface area contributed by atoms with Crippen LogP contribution >= 0.6 is 0 Å². The molecule has 1 aromatic carbocycles. The van der Waals surface area contributed by atoms with Gasteiger partial charge in [0.25, 0.3) is 0 Å². The van der Waals surface area contributed by atoms with Crippen molar-refractivity contribution in [3.05, 3.63) is 53.2 Å². The van der Waals surface area contributed by atoms with Crippen LogP contribution < -0.4 is 4.90 Å². The second-order valence-corrected chi connectivity index (χ2v) is 4.19. The summed E-state index contributed by atoms with van der Waals surface area (Å²) in [5, 5.41) is 0. The molecule has 0 aliphatic carbocycles. The average Bonchev–Trinajstić information content (AvgIpc) is 2.74. The lowest BCUT2D eigenvalue weighted by Crippen LogP contribution is -2.17. The second kappa shape index (κ2) is 5.04. The van der Waals surface area contributed by atoms with E-state index < -0.39 is 5.82 Å². The fourth-order valence-corrected chi connectivity index (χ4v) is 1.82. The first kappa shape index (κ1) is 12.4.